The summed E-state index contributed by atoms with van der Waals surface area (Å²) >= 11 is 0. The molecule has 0 saturated heterocycles. The lowest BCUT2D eigenvalue weighted by atomic mass is 10.1. The fourth-order valence-electron chi connectivity index (χ4n) is 3.02. The predicted molar refractivity (Wildman–Crippen MR) is 117 cm³/mol. The molecule has 0 amide bonds. The second-order valence-electron chi connectivity index (χ2n) is 6.63. The molecule has 0 aliphatic heterocycles. The van der Waals surface area contributed by atoms with Crippen LogP contribution in [0.5, 0.6) is 0 Å². The van der Waals surface area contributed by atoms with Gasteiger partial charge < -0.3 is 9.84 Å². The highest BCUT2D eigenvalue weighted by Crippen LogP contribution is 2.49. The van der Waals surface area contributed by atoms with Crippen LogP contribution in [0, 0.1) is 10.1 Å². The maximum Gasteiger partial charge on any atom is 0.270 e. The van der Waals surface area contributed by atoms with Gasteiger partial charge in [0.1, 0.15) is 12.1 Å². The van der Waals surface area contributed by atoms with E-state index in [0.717, 1.165) is 11.3 Å². The average Bonchev–Trinajstić information content (AvgIpc) is 2.74. The van der Waals surface area contributed by atoms with Crippen molar-refractivity contribution >= 4 is 24.6 Å². The number of hydrogen-bond acceptors (Lipinski definition) is 7. The molecular formula is C21H23N4O4P. The van der Waals surface area contributed by atoms with Gasteiger partial charge in [0.2, 0.25) is 7.37 Å². The second kappa shape index (κ2) is 9.61. The normalized spacial score (nSPS) is 12.9. The Balaban J connectivity index is 1.81. The molecule has 0 aliphatic rings. The van der Waals surface area contributed by atoms with Crippen LogP contribution in [0.4, 0.5) is 17.2 Å². The first-order valence-electron chi connectivity index (χ1n) is 9.58. The molecule has 1 unspecified atom stereocenters. The van der Waals surface area contributed by atoms with Crippen molar-refractivity contribution in [3.05, 3.63) is 76.6 Å². The van der Waals surface area contributed by atoms with Gasteiger partial charge >= 0.3 is 0 Å². The van der Waals surface area contributed by atoms with Crippen LogP contribution < -0.4 is 5.32 Å². The van der Waals surface area contributed by atoms with Crippen molar-refractivity contribution in [2.75, 3.05) is 18.1 Å². The van der Waals surface area contributed by atoms with Crippen molar-refractivity contribution in [3.63, 3.8) is 0 Å². The number of non-ortho nitro benzene ring substituents is 1. The SMILES string of the molecule is CCOP(=O)(CC)Cc1cccc(Nc2cc(-c3cccc([N+](=O)[O-])c3)ncn2)c1. The molecule has 0 fully saturated rings. The summed E-state index contributed by atoms with van der Waals surface area (Å²) in [5, 5.41) is 14.2. The number of rotatable bonds is 9. The molecule has 3 aromatic rings. The number of nitro groups is 1. The topological polar surface area (TPSA) is 107 Å². The molecular weight excluding hydrogens is 403 g/mol. The van der Waals surface area contributed by atoms with Gasteiger partial charge in [-0.25, -0.2) is 9.97 Å². The van der Waals surface area contributed by atoms with Crippen LogP contribution in [0.15, 0.2) is 60.9 Å². The monoisotopic (exact) mass is 426 g/mol. The number of benzene rings is 2. The predicted octanol–water partition coefficient (Wildman–Crippen LogP) is 5.63. The number of nitrogens with zero attached hydrogens (tertiary/aromatic N) is 3. The Morgan fingerprint density at radius 1 is 1.10 bits per heavy atom. The van der Waals surface area contributed by atoms with E-state index in [1.54, 1.807) is 18.2 Å². The zero-order valence-electron chi connectivity index (χ0n) is 16.8. The number of nitrogens with one attached hydrogen (secondary N) is 1. The van der Waals surface area contributed by atoms with Crippen LogP contribution in [0.1, 0.15) is 19.4 Å². The van der Waals surface area contributed by atoms with Crippen LogP contribution >= 0.6 is 7.37 Å². The number of nitro benzene ring substituents is 1. The van der Waals surface area contributed by atoms with Crippen molar-refractivity contribution in [1.82, 2.24) is 9.97 Å². The van der Waals surface area contributed by atoms with Gasteiger partial charge in [0.05, 0.1) is 17.2 Å². The van der Waals surface area contributed by atoms with Crippen LogP contribution in [0.3, 0.4) is 0 Å². The summed E-state index contributed by atoms with van der Waals surface area (Å²) in [4.78, 5) is 19.0. The van der Waals surface area contributed by atoms with Crippen molar-refractivity contribution in [1.29, 1.82) is 0 Å². The Labute approximate surface area is 175 Å². The van der Waals surface area contributed by atoms with Gasteiger partial charge in [0.25, 0.3) is 5.69 Å². The molecule has 1 atom stereocenters. The molecule has 0 spiro atoms. The van der Waals surface area contributed by atoms with E-state index in [1.807, 2.05) is 38.1 Å². The average molecular weight is 426 g/mol. The Kier molecular flexibility index (Phi) is 6.92. The lowest BCUT2D eigenvalue weighted by Gasteiger charge is -2.16. The van der Waals surface area contributed by atoms with E-state index >= 15 is 0 Å². The third kappa shape index (κ3) is 5.49. The van der Waals surface area contributed by atoms with Crippen LogP contribution in [-0.4, -0.2) is 27.7 Å². The van der Waals surface area contributed by atoms with Gasteiger partial charge in [0.15, 0.2) is 0 Å². The fourth-order valence-corrected chi connectivity index (χ4v) is 4.74. The maximum absolute atomic E-state index is 12.8. The molecule has 0 radical (unpaired) electrons. The van der Waals surface area contributed by atoms with Gasteiger partial charge in [0, 0.05) is 41.8 Å². The summed E-state index contributed by atoms with van der Waals surface area (Å²) in [6, 6.07) is 15.6. The maximum atomic E-state index is 12.8. The Morgan fingerprint density at radius 3 is 2.63 bits per heavy atom. The number of anilines is 2. The van der Waals surface area contributed by atoms with E-state index in [1.165, 1.54) is 18.5 Å². The van der Waals surface area contributed by atoms with Crippen LogP contribution in [0.2, 0.25) is 0 Å². The third-order valence-electron chi connectivity index (χ3n) is 4.49. The molecule has 1 aromatic heterocycles. The van der Waals surface area contributed by atoms with Gasteiger partial charge in [-0.05, 0) is 24.6 Å². The molecule has 0 bridgehead atoms. The fraction of sp³-hybridized carbons (Fsp3) is 0.238. The second-order valence-corrected chi connectivity index (χ2v) is 9.46. The Morgan fingerprint density at radius 2 is 1.90 bits per heavy atom. The summed E-state index contributed by atoms with van der Waals surface area (Å²) < 4.78 is 18.3. The summed E-state index contributed by atoms with van der Waals surface area (Å²) in [5.41, 5.74) is 2.90. The van der Waals surface area contributed by atoms with Gasteiger partial charge in [-0.15, -0.1) is 0 Å². The summed E-state index contributed by atoms with van der Waals surface area (Å²) in [5.74, 6) is 0.548. The standard InChI is InChI=1S/C21H23N4O4P/c1-3-29-30(28,4-2)14-16-7-5-9-18(11-16)24-21-13-20(22-15-23-21)17-8-6-10-19(12-17)25(26)27/h5-13,15H,3-4,14H2,1-2H3,(H,22,23,24). The number of hydrogen-bond donors (Lipinski definition) is 1. The van der Waals surface area contributed by atoms with Gasteiger partial charge in [-0.1, -0.05) is 31.2 Å². The highest BCUT2D eigenvalue weighted by Gasteiger charge is 2.20. The van der Waals surface area contributed by atoms with E-state index in [0.29, 0.717) is 36.0 Å². The van der Waals surface area contributed by atoms with Crippen molar-refractivity contribution < 1.29 is 14.0 Å². The molecule has 1 heterocycles. The molecule has 9 heteroatoms. The first-order valence-corrected chi connectivity index (χ1v) is 11.6. The molecule has 30 heavy (non-hydrogen) atoms. The largest absolute Gasteiger partial charge is 0.340 e. The lowest BCUT2D eigenvalue weighted by Crippen LogP contribution is -1.99. The number of aromatic nitrogens is 2. The van der Waals surface area contributed by atoms with E-state index in [-0.39, 0.29) is 5.69 Å². The highest BCUT2D eigenvalue weighted by atomic mass is 31.2. The summed E-state index contributed by atoms with van der Waals surface area (Å²) in [6.45, 7) is 4.13. The smallest absolute Gasteiger partial charge is 0.270 e. The Bertz CT molecular complexity index is 1090. The molecule has 156 valence electrons. The molecule has 1 N–H and O–H groups in total. The van der Waals surface area contributed by atoms with Crippen molar-refractivity contribution in [2.24, 2.45) is 0 Å². The highest BCUT2D eigenvalue weighted by molar-refractivity contribution is 7.58. The van der Waals surface area contributed by atoms with Gasteiger partial charge in [-0.3, -0.25) is 14.7 Å². The van der Waals surface area contributed by atoms with E-state index in [9.17, 15) is 14.7 Å². The minimum atomic E-state index is -2.69. The van der Waals surface area contributed by atoms with Crippen LogP contribution in [0.25, 0.3) is 11.3 Å². The third-order valence-corrected chi connectivity index (χ3v) is 7.03. The Hall–Kier alpha value is -3.09. The molecule has 2 aromatic carbocycles. The molecule has 0 saturated carbocycles. The van der Waals surface area contributed by atoms with Crippen molar-refractivity contribution in [3.8, 4) is 11.3 Å². The quantitative estimate of drug-likeness (QED) is 0.268. The first-order chi connectivity index (χ1) is 14.4. The van der Waals surface area contributed by atoms with E-state index in [4.69, 9.17) is 4.52 Å². The molecule has 3 rings (SSSR count). The van der Waals surface area contributed by atoms with E-state index in [2.05, 4.69) is 15.3 Å². The van der Waals surface area contributed by atoms with Gasteiger partial charge in [-0.2, -0.15) is 0 Å². The first kappa shape index (κ1) is 21.6. The summed E-state index contributed by atoms with van der Waals surface area (Å²) in [6.07, 6.45) is 2.26. The van der Waals surface area contributed by atoms with Crippen LogP contribution in [-0.2, 0) is 15.3 Å². The van der Waals surface area contributed by atoms with Crippen molar-refractivity contribution in [2.45, 2.75) is 20.0 Å². The molecule has 8 nitrogen and oxygen atoms in total. The van der Waals surface area contributed by atoms with E-state index < -0.39 is 12.3 Å². The minimum Gasteiger partial charge on any atom is -0.340 e. The zero-order chi connectivity index (χ0) is 21.6. The molecule has 0 aliphatic carbocycles. The summed E-state index contributed by atoms with van der Waals surface area (Å²) in [7, 11) is -2.69. The lowest BCUT2D eigenvalue weighted by molar-refractivity contribution is -0.384. The minimum absolute atomic E-state index is 0.00275. The zero-order valence-corrected chi connectivity index (χ0v) is 17.7.